The molecule has 0 unspecified atom stereocenters. The number of carbonyl (C=O) groups is 1. The van der Waals surface area contributed by atoms with E-state index in [2.05, 4.69) is 20.2 Å². The molecule has 0 bridgehead atoms. The summed E-state index contributed by atoms with van der Waals surface area (Å²) in [6.45, 7) is 2.06. The van der Waals surface area contributed by atoms with Crippen LogP contribution in [0.5, 0.6) is 5.75 Å². The summed E-state index contributed by atoms with van der Waals surface area (Å²) in [4.78, 5) is 23.6. The molecule has 1 amide bonds. The average Bonchev–Trinajstić information content (AvgIpc) is 3.17. The minimum atomic E-state index is -4.60. The minimum Gasteiger partial charge on any atom is -0.497 e. The number of carbonyl (C=O) groups excluding carboxylic acids is 1. The maximum Gasteiger partial charge on any atom is 0.433 e. The molecule has 0 radical (unpaired) electrons. The molecular weight excluding hydrogens is 459 g/mol. The molecule has 7 nitrogen and oxygen atoms in total. The molecule has 0 aliphatic carbocycles. The Balaban J connectivity index is 1.49. The van der Waals surface area contributed by atoms with Crippen LogP contribution in [-0.2, 0) is 12.7 Å². The molecule has 0 spiro atoms. The summed E-state index contributed by atoms with van der Waals surface area (Å²) in [6.07, 6.45) is -1.90. The molecular formula is C25H22F3N5O2. The molecule has 3 aromatic heterocycles. The molecule has 1 aromatic carbocycles. The number of rotatable bonds is 6. The van der Waals surface area contributed by atoms with Gasteiger partial charge in [0.05, 0.1) is 19.0 Å². The third kappa shape index (κ3) is 4.64. The third-order valence-electron chi connectivity index (χ3n) is 5.95. The first-order chi connectivity index (χ1) is 16.8. The number of amides is 1. The van der Waals surface area contributed by atoms with Crippen molar-refractivity contribution in [1.29, 1.82) is 0 Å². The van der Waals surface area contributed by atoms with E-state index in [1.54, 1.807) is 49.7 Å². The molecule has 5 rings (SSSR count). The standard InChI is InChI=1S/C25H22F3N5O2/c1-35-19-7-3-16(4-8-19)15-33-20(13-17-5-9-21(25(26,27)28)31-23(17)33)24(34)30-18-6-10-22(29-14-18)32-11-2-12-32/h3-10,13-14H,2,11-12,15H2,1H3,(H,30,34). The lowest BCUT2D eigenvalue weighted by Gasteiger charge is -2.31. The zero-order chi connectivity index (χ0) is 24.6. The molecule has 10 heteroatoms. The number of pyridine rings is 2. The maximum absolute atomic E-state index is 13.4. The normalized spacial score (nSPS) is 13.5. The number of hydrogen-bond acceptors (Lipinski definition) is 5. The van der Waals surface area contributed by atoms with Crippen molar-refractivity contribution in [1.82, 2.24) is 14.5 Å². The van der Waals surface area contributed by atoms with Crippen molar-refractivity contribution in [2.75, 3.05) is 30.4 Å². The Morgan fingerprint density at radius 2 is 1.86 bits per heavy atom. The van der Waals surface area contributed by atoms with E-state index in [-0.39, 0.29) is 17.9 Å². The predicted molar refractivity (Wildman–Crippen MR) is 126 cm³/mol. The lowest BCUT2D eigenvalue weighted by Crippen LogP contribution is -2.37. The fourth-order valence-corrected chi connectivity index (χ4v) is 3.93. The van der Waals surface area contributed by atoms with Crippen LogP contribution in [0, 0.1) is 0 Å². The van der Waals surface area contributed by atoms with Crippen molar-refractivity contribution >= 4 is 28.4 Å². The maximum atomic E-state index is 13.4. The van der Waals surface area contributed by atoms with Crippen LogP contribution in [-0.4, -0.2) is 40.6 Å². The van der Waals surface area contributed by atoms with E-state index in [0.29, 0.717) is 16.8 Å². The Morgan fingerprint density at radius 1 is 1.09 bits per heavy atom. The highest BCUT2D eigenvalue weighted by Crippen LogP contribution is 2.30. The van der Waals surface area contributed by atoms with Gasteiger partial charge in [-0.1, -0.05) is 12.1 Å². The number of nitrogens with zero attached hydrogens (tertiary/aromatic N) is 4. The average molecular weight is 481 g/mol. The predicted octanol–water partition coefficient (Wildman–Crippen LogP) is 4.97. The summed E-state index contributed by atoms with van der Waals surface area (Å²) in [5, 5.41) is 3.23. The van der Waals surface area contributed by atoms with Crippen molar-refractivity contribution in [3.8, 4) is 5.75 Å². The van der Waals surface area contributed by atoms with E-state index in [1.165, 1.54) is 10.6 Å². The van der Waals surface area contributed by atoms with Gasteiger partial charge in [-0.05, 0) is 54.4 Å². The van der Waals surface area contributed by atoms with Crippen molar-refractivity contribution in [3.05, 3.63) is 77.7 Å². The Morgan fingerprint density at radius 3 is 2.46 bits per heavy atom. The second-order valence-electron chi connectivity index (χ2n) is 8.27. The van der Waals surface area contributed by atoms with E-state index in [4.69, 9.17) is 4.74 Å². The molecule has 1 saturated heterocycles. The smallest absolute Gasteiger partial charge is 0.433 e. The number of fused-ring (bicyclic) bond motifs is 1. The Bertz CT molecular complexity index is 1360. The number of hydrogen-bond donors (Lipinski definition) is 1. The molecule has 4 aromatic rings. The number of anilines is 2. The van der Waals surface area contributed by atoms with Gasteiger partial charge >= 0.3 is 6.18 Å². The van der Waals surface area contributed by atoms with Crippen LogP contribution in [0.25, 0.3) is 11.0 Å². The van der Waals surface area contributed by atoms with Crippen molar-refractivity contribution < 1.29 is 22.7 Å². The van der Waals surface area contributed by atoms with Gasteiger partial charge in [0, 0.05) is 25.0 Å². The molecule has 0 atom stereocenters. The number of methoxy groups -OCH3 is 1. The Hall–Kier alpha value is -4.08. The first kappa shape index (κ1) is 22.7. The van der Waals surface area contributed by atoms with E-state index in [1.807, 2.05) is 6.07 Å². The molecule has 0 saturated carbocycles. The topological polar surface area (TPSA) is 72.3 Å². The second-order valence-corrected chi connectivity index (χ2v) is 8.27. The summed E-state index contributed by atoms with van der Waals surface area (Å²) in [5.74, 6) is 1.02. The van der Waals surface area contributed by atoms with Gasteiger partial charge in [-0.3, -0.25) is 4.79 Å². The van der Waals surface area contributed by atoms with Crippen molar-refractivity contribution in [2.24, 2.45) is 0 Å². The van der Waals surface area contributed by atoms with Crippen LogP contribution in [0.4, 0.5) is 24.7 Å². The molecule has 1 aliphatic heterocycles. The minimum absolute atomic E-state index is 0.0760. The molecule has 1 N–H and O–H groups in total. The monoisotopic (exact) mass is 481 g/mol. The molecule has 1 fully saturated rings. The van der Waals surface area contributed by atoms with Crippen LogP contribution in [0.3, 0.4) is 0 Å². The summed E-state index contributed by atoms with van der Waals surface area (Å²) < 4.78 is 46.7. The van der Waals surface area contributed by atoms with Gasteiger partial charge in [-0.2, -0.15) is 13.2 Å². The highest BCUT2D eigenvalue weighted by Gasteiger charge is 2.33. The van der Waals surface area contributed by atoms with E-state index >= 15 is 0 Å². The van der Waals surface area contributed by atoms with Crippen LogP contribution >= 0.6 is 0 Å². The summed E-state index contributed by atoms with van der Waals surface area (Å²) in [7, 11) is 1.55. The number of halogens is 3. The van der Waals surface area contributed by atoms with Gasteiger partial charge < -0.3 is 19.5 Å². The highest BCUT2D eigenvalue weighted by atomic mass is 19.4. The lowest BCUT2D eigenvalue weighted by molar-refractivity contribution is -0.141. The first-order valence-corrected chi connectivity index (χ1v) is 11.0. The van der Waals surface area contributed by atoms with Gasteiger partial charge in [0.2, 0.25) is 0 Å². The zero-order valence-corrected chi connectivity index (χ0v) is 18.8. The fraction of sp³-hybridized carbons (Fsp3) is 0.240. The summed E-state index contributed by atoms with van der Waals surface area (Å²) in [5.41, 5.74) is 0.514. The molecule has 180 valence electrons. The van der Waals surface area contributed by atoms with Crippen LogP contribution in [0.15, 0.2) is 60.8 Å². The largest absolute Gasteiger partial charge is 0.497 e. The van der Waals surface area contributed by atoms with Crippen LogP contribution in [0.2, 0.25) is 0 Å². The van der Waals surface area contributed by atoms with E-state index in [0.717, 1.165) is 37.0 Å². The fourth-order valence-electron chi connectivity index (χ4n) is 3.93. The number of benzene rings is 1. The summed E-state index contributed by atoms with van der Waals surface area (Å²) in [6, 6.07) is 14.5. The SMILES string of the molecule is COc1ccc(Cn2c(C(=O)Nc3ccc(N4CCC4)nc3)cc3ccc(C(F)(F)F)nc32)cc1. The zero-order valence-electron chi connectivity index (χ0n) is 18.8. The number of ether oxygens (including phenoxy) is 1. The van der Waals surface area contributed by atoms with Gasteiger partial charge in [-0.15, -0.1) is 0 Å². The van der Waals surface area contributed by atoms with Crippen LogP contribution < -0.4 is 15.0 Å². The van der Waals surface area contributed by atoms with Gasteiger partial charge in [0.1, 0.15) is 28.6 Å². The Labute approximate surface area is 199 Å². The van der Waals surface area contributed by atoms with Crippen molar-refractivity contribution in [3.63, 3.8) is 0 Å². The number of nitrogens with one attached hydrogen (secondary N) is 1. The van der Waals surface area contributed by atoms with Gasteiger partial charge in [0.25, 0.3) is 5.91 Å². The Kier molecular flexibility index (Phi) is 5.80. The van der Waals surface area contributed by atoms with E-state index < -0.39 is 17.8 Å². The van der Waals surface area contributed by atoms with Gasteiger partial charge in [-0.25, -0.2) is 9.97 Å². The van der Waals surface area contributed by atoms with E-state index in [9.17, 15) is 18.0 Å². The molecule has 1 aliphatic rings. The summed E-state index contributed by atoms with van der Waals surface area (Å²) >= 11 is 0. The molecule has 35 heavy (non-hydrogen) atoms. The lowest BCUT2D eigenvalue weighted by atomic mass is 10.2. The second kappa shape index (κ2) is 8.94. The van der Waals surface area contributed by atoms with Gasteiger partial charge in [0.15, 0.2) is 0 Å². The quantitative estimate of drug-likeness (QED) is 0.421. The number of aromatic nitrogens is 3. The first-order valence-electron chi connectivity index (χ1n) is 11.0. The highest BCUT2D eigenvalue weighted by molar-refractivity contribution is 6.06. The third-order valence-corrected chi connectivity index (χ3v) is 5.95. The molecule has 4 heterocycles. The number of alkyl halides is 3. The van der Waals surface area contributed by atoms with Crippen LogP contribution in [0.1, 0.15) is 28.2 Å². The van der Waals surface area contributed by atoms with Crippen molar-refractivity contribution in [2.45, 2.75) is 19.1 Å².